The third-order valence-electron chi connectivity index (χ3n) is 4.32. The molecule has 1 aliphatic heterocycles. The Morgan fingerprint density at radius 1 is 1.31 bits per heavy atom. The lowest BCUT2D eigenvalue weighted by atomic mass is 10.1. The quantitative estimate of drug-likeness (QED) is 0.716. The van der Waals surface area contributed by atoms with E-state index in [2.05, 4.69) is 15.4 Å². The van der Waals surface area contributed by atoms with Gasteiger partial charge >= 0.3 is 0 Å². The smallest absolute Gasteiger partial charge is 0.273 e. The fourth-order valence-electron chi connectivity index (χ4n) is 2.98. The summed E-state index contributed by atoms with van der Waals surface area (Å²) in [5, 5.41) is 8.78. The lowest BCUT2D eigenvalue weighted by Gasteiger charge is -2.33. The predicted molar refractivity (Wildman–Crippen MR) is 96.0 cm³/mol. The van der Waals surface area contributed by atoms with E-state index in [0.29, 0.717) is 25.5 Å². The number of nitrogens with one attached hydrogen (secondary N) is 1. The number of morpholine rings is 1. The molecule has 4 rings (SSSR count). The Bertz CT molecular complexity index is 823. The van der Waals surface area contributed by atoms with Gasteiger partial charge < -0.3 is 19.0 Å². The second-order valence-electron chi connectivity index (χ2n) is 5.94. The maximum Gasteiger partial charge on any atom is 0.273 e. The molecule has 7 nitrogen and oxygen atoms in total. The van der Waals surface area contributed by atoms with Crippen LogP contribution in [-0.2, 0) is 4.74 Å². The Morgan fingerprint density at radius 2 is 2.19 bits per heavy atom. The van der Waals surface area contributed by atoms with Crippen LogP contribution in [0.2, 0.25) is 0 Å². The average Bonchev–Trinajstić information content (AvgIpc) is 3.43. The van der Waals surface area contributed by atoms with Crippen molar-refractivity contribution in [2.75, 3.05) is 32.8 Å². The van der Waals surface area contributed by atoms with Gasteiger partial charge in [-0.1, -0.05) is 11.2 Å². The number of carbonyl (C=O) groups is 1. The molecule has 0 aromatic carbocycles. The Kier molecular flexibility index (Phi) is 5.14. The fourth-order valence-corrected chi connectivity index (χ4v) is 3.65. The van der Waals surface area contributed by atoms with E-state index in [1.165, 1.54) is 0 Å². The van der Waals surface area contributed by atoms with Gasteiger partial charge in [0.15, 0.2) is 11.5 Å². The van der Waals surface area contributed by atoms with Crippen LogP contribution in [0.25, 0.3) is 10.6 Å². The molecule has 1 saturated heterocycles. The van der Waals surface area contributed by atoms with Crippen molar-refractivity contribution in [2.45, 2.75) is 6.04 Å². The number of furan rings is 1. The van der Waals surface area contributed by atoms with Crippen molar-refractivity contribution in [3.8, 4) is 10.6 Å². The molecule has 0 unspecified atom stereocenters. The summed E-state index contributed by atoms with van der Waals surface area (Å²) < 4.78 is 16.3. The van der Waals surface area contributed by atoms with Gasteiger partial charge in [-0.2, -0.15) is 0 Å². The van der Waals surface area contributed by atoms with Gasteiger partial charge in [0.2, 0.25) is 0 Å². The minimum absolute atomic E-state index is 0.0403. The highest BCUT2D eigenvalue weighted by Gasteiger charge is 2.26. The summed E-state index contributed by atoms with van der Waals surface area (Å²) in [6.45, 7) is 3.38. The third kappa shape index (κ3) is 3.72. The molecule has 0 spiro atoms. The number of aromatic nitrogens is 1. The summed E-state index contributed by atoms with van der Waals surface area (Å²) in [7, 11) is 0. The normalized spacial score (nSPS) is 16.5. The Morgan fingerprint density at radius 3 is 2.92 bits per heavy atom. The summed E-state index contributed by atoms with van der Waals surface area (Å²) in [5.74, 6) is 1.16. The van der Waals surface area contributed by atoms with Crippen molar-refractivity contribution in [3.63, 3.8) is 0 Å². The molecule has 0 saturated carbocycles. The minimum atomic E-state index is -0.263. The lowest BCUT2D eigenvalue weighted by Crippen LogP contribution is -2.43. The first-order valence-corrected chi connectivity index (χ1v) is 9.33. The molecule has 26 heavy (non-hydrogen) atoms. The molecule has 1 atom stereocenters. The van der Waals surface area contributed by atoms with Gasteiger partial charge in [-0.3, -0.25) is 9.69 Å². The number of amides is 1. The standard InChI is InChI=1S/C18H19N3O4S/c22-18(13-11-16(25-20-13)17-4-2-10-26-17)19-12-14(15-3-1-7-24-15)21-5-8-23-9-6-21/h1-4,7,10-11,14H,5-6,8-9,12H2,(H,19,22)/t14-/m0/s1. The molecule has 0 radical (unpaired) electrons. The predicted octanol–water partition coefficient (Wildman–Crippen LogP) is 2.80. The highest BCUT2D eigenvalue weighted by atomic mass is 32.1. The van der Waals surface area contributed by atoms with E-state index in [1.807, 2.05) is 29.6 Å². The zero-order valence-electron chi connectivity index (χ0n) is 14.1. The summed E-state index contributed by atoms with van der Waals surface area (Å²) in [5.41, 5.74) is 0.272. The van der Waals surface area contributed by atoms with Gasteiger partial charge in [-0.25, -0.2) is 0 Å². The van der Waals surface area contributed by atoms with Crippen molar-refractivity contribution in [3.05, 3.63) is 53.4 Å². The molecule has 136 valence electrons. The van der Waals surface area contributed by atoms with Gasteiger partial charge in [0.25, 0.3) is 5.91 Å². The molecule has 8 heteroatoms. The number of hydrogen-bond donors (Lipinski definition) is 1. The second-order valence-corrected chi connectivity index (χ2v) is 6.89. The second kappa shape index (κ2) is 7.86. The van der Waals surface area contributed by atoms with Crippen molar-refractivity contribution >= 4 is 17.2 Å². The first-order valence-electron chi connectivity index (χ1n) is 8.45. The van der Waals surface area contributed by atoms with E-state index < -0.39 is 0 Å². The number of thiophene rings is 1. The largest absolute Gasteiger partial charge is 0.468 e. The van der Waals surface area contributed by atoms with Gasteiger partial charge in [-0.05, 0) is 23.6 Å². The van der Waals surface area contributed by atoms with Crippen LogP contribution < -0.4 is 5.32 Å². The molecular weight excluding hydrogens is 354 g/mol. The third-order valence-corrected chi connectivity index (χ3v) is 5.21. The number of carbonyl (C=O) groups excluding carboxylic acids is 1. The molecule has 1 N–H and O–H groups in total. The highest BCUT2D eigenvalue weighted by Crippen LogP contribution is 2.25. The van der Waals surface area contributed by atoms with Crippen molar-refractivity contribution in [1.82, 2.24) is 15.4 Å². The topological polar surface area (TPSA) is 80.7 Å². The van der Waals surface area contributed by atoms with E-state index in [-0.39, 0.29) is 17.6 Å². The monoisotopic (exact) mass is 373 g/mol. The molecule has 1 fully saturated rings. The molecule has 4 heterocycles. The van der Waals surface area contributed by atoms with Crippen LogP contribution in [0.15, 0.2) is 50.9 Å². The molecule has 0 aliphatic carbocycles. The zero-order chi connectivity index (χ0) is 17.8. The molecular formula is C18H19N3O4S. The van der Waals surface area contributed by atoms with Gasteiger partial charge in [-0.15, -0.1) is 11.3 Å². The summed E-state index contributed by atoms with van der Waals surface area (Å²) in [6.07, 6.45) is 1.65. The van der Waals surface area contributed by atoms with Crippen LogP contribution in [-0.4, -0.2) is 48.8 Å². The number of ether oxygens (including phenoxy) is 1. The van der Waals surface area contributed by atoms with Crippen LogP contribution in [0.3, 0.4) is 0 Å². The van der Waals surface area contributed by atoms with E-state index in [9.17, 15) is 4.79 Å². The molecule has 3 aromatic heterocycles. The van der Waals surface area contributed by atoms with Crippen molar-refractivity contribution in [1.29, 1.82) is 0 Å². The molecule has 1 amide bonds. The van der Waals surface area contributed by atoms with Crippen LogP contribution >= 0.6 is 11.3 Å². The van der Waals surface area contributed by atoms with Gasteiger partial charge in [0.05, 0.1) is 30.4 Å². The molecule has 3 aromatic rings. The molecule has 1 aliphatic rings. The Hall–Kier alpha value is -2.42. The van der Waals surface area contributed by atoms with E-state index >= 15 is 0 Å². The number of nitrogens with zero attached hydrogens (tertiary/aromatic N) is 2. The fraction of sp³-hybridized carbons (Fsp3) is 0.333. The lowest BCUT2D eigenvalue weighted by molar-refractivity contribution is 0.0118. The summed E-state index contributed by atoms with van der Waals surface area (Å²) >= 11 is 1.54. The SMILES string of the molecule is O=C(NC[C@@H](c1ccco1)N1CCOCC1)c1cc(-c2cccs2)on1. The van der Waals surface area contributed by atoms with Crippen molar-refractivity contribution < 1.29 is 18.5 Å². The average molecular weight is 373 g/mol. The number of hydrogen-bond acceptors (Lipinski definition) is 7. The Balaban J connectivity index is 1.43. The summed E-state index contributed by atoms with van der Waals surface area (Å²) in [4.78, 5) is 15.7. The minimum Gasteiger partial charge on any atom is -0.468 e. The first-order chi connectivity index (χ1) is 12.8. The highest BCUT2D eigenvalue weighted by molar-refractivity contribution is 7.13. The van der Waals surface area contributed by atoms with Crippen LogP contribution in [0, 0.1) is 0 Å². The number of rotatable bonds is 6. The van der Waals surface area contributed by atoms with Crippen molar-refractivity contribution in [2.24, 2.45) is 0 Å². The van der Waals surface area contributed by atoms with E-state index in [1.54, 1.807) is 23.7 Å². The first kappa shape index (κ1) is 17.0. The molecule has 0 bridgehead atoms. The van der Waals surface area contributed by atoms with E-state index in [4.69, 9.17) is 13.7 Å². The zero-order valence-corrected chi connectivity index (χ0v) is 14.9. The van der Waals surface area contributed by atoms with Crippen LogP contribution in [0.4, 0.5) is 0 Å². The van der Waals surface area contributed by atoms with Gasteiger partial charge in [0, 0.05) is 25.7 Å². The van der Waals surface area contributed by atoms with Crippen LogP contribution in [0.5, 0.6) is 0 Å². The van der Waals surface area contributed by atoms with Crippen LogP contribution in [0.1, 0.15) is 22.3 Å². The van der Waals surface area contributed by atoms with Gasteiger partial charge in [0.1, 0.15) is 5.76 Å². The maximum absolute atomic E-state index is 12.5. The Labute approximate surface area is 154 Å². The summed E-state index contributed by atoms with van der Waals surface area (Å²) in [6, 6.07) is 9.27. The maximum atomic E-state index is 12.5. The van der Waals surface area contributed by atoms with E-state index in [0.717, 1.165) is 23.7 Å².